The first-order chi connectivity index (χ1) is 10.4. The molecule has 3 rings (SSSR count). The molecule has 2 aromatic rings. The Bertz CT molecular complexity index is 734. The van der Waals surface area contributed by atoms with Crippen molar-refractivity contribution in [1.29, 1.82) is 0 Å². The summed E-state index contributed by atoms with van der Waals surface area (Å²) in [5.41, 5.74) is 1.68. The molecule has 0 radical (unpaired) electrons. The fourth-order valence-corrected chi connectivity index (χ4v) is 3.69. The molecule has 1 amide bonds. The minimum atomic E-state index is -0.0713. The van der Waals surface area contributed by atoms with Crippen LogP contribution in [0.25, 0.3) is 0 Å². The van der Waals surface area contributed by atoms with E-state index in [9.17, 15) is 4.79 Å². The Morgan fingerprint density at radius 1 is 1.36 bits per heavy atom. The topological polar surface area (TPSA) is 47.4 Å². The van der Waals surface area contributed by atoms with Gasteiger partial charge in [-0.1, -0.05) is 31.9 Å². The van der Waals surface area contributed by atoms with Gasteiger partial charge in [0.1, 0.15) is 6.10 Å². The highest BCUT2D eigenvalue weighted by Gasteiger charge is 2.31. The molecule has 1 aromatic carbocycles. The van der Waals surface area contributed by atoms with Gasteiger partial charge in [0.25, 0.3) is 5.91 Å². The highest BCUT2D eigenvalue weighted by molar-refractivity contribution is 9.11. The fraction of sp³-hybridized carbons (Fsp3) is 0.333. The van der Waals surface area contributed by atoms with Crippen molar-refractivity contribution in [1.82, 2.24) is 9.78 Å². The summed E-state index contributed by atoms with van der Waals surface area (Å²) in [6.45, 7) is 4.42. The monoisotopic (exact) mass is 427 g/mol. The summed E-state index contributed by atoms with van der Waals surface area (Å²) in [5, 5.41) is 4.19. The summed E-state index contributed by atoms with van der Waals surface area (Å²) in [6, 6.07) is 3.69. The van der Waals surface area contributed by atoms with Gasteiger partial charge in [-0.15, -0.1) is 0 Å². The number of aryl methyl sites for hydroxylation is 1. The van der Waals surface area contributed by atoms with E-state index in [1.807, 2.05) is 26.0 Å². The lowest BCUT2D eigenvalue weighted by Gasteiger charge is -2.31. The molecular weight excluding hydrogens is 414 g/mol. The van der Waals surface area contributed by atoms with Crippen molar-refractivity contribution in [2.24, 2.45) is 7.05 Å². The van der Waals surface area contributed by atoms with Gasteiger partial charge in [-0.3, -0.25) is 9.69 Å². The fourth-order valence-electron chi connectivity index (χ4n) is 2.50. The number of hydrogen-bond donors (Lipinski definition) is 0. The zero-order valence-corrected chi connectivity index (χ0v) is 15.6. The summed E-state index contributed by atoms with van der Waals surface area (Å²) in [7, 11) is 1.80. The average molecular weight is 429 g/mol. The molecule has 0 fully saturated rings. The number of fused-ring (bicyclic) bond motifs is 1. The van der Waals surface area contributed by atoms with Crippen molar-refractivity contribution in [2.45, 2.75) is 20.0 Å². The van der Waals surface area contributed by atoms with E-state index in [0.29, 0.717) is 23.7 Å². The average Bonchev–Trinajstić information content (AvgIpc) is 2.84. The van der Waals surface area contributed by atoms with Gasteiger partial charge in [-0.05, 0) is 31.5 Å². The summed E-state index contributed by atoms with van der Waals surface area (Å²) in [4.78, 5) is 14.7. The zero-order chi connectivity index (χ0) is 16.0. The van der Waals surface area contributed by atoms with Crippen molar-refractivity contribution in [2.75, 3.05) is 11.4 Å². The molecule has 0 saturated carbocycles. The van der Waals surface area contributed by atoms with Crippen LogP contribution in [0.3, 0.4) is 0 Å². The summed E-state index contributed by atoms with van der Waals surface area (Å²) >= 11 is 6.99. The van der Waals surface area contributed by atoms with Crippen LogP contribution < -0.4 is 9.64 Å². The quantitative estimate of drug-likeness (QED) is 0.695. The first-order valence-corrected chi connectivity index (χ1v) is 8.43. The first kappa shape index (κ1) is 15.6. The Labute approximate surface area is 145 Å². The van der Waals surface area contributed by atoms with E-state index in [1.165, 1.54) is 0 Å². The molecule has 0 unspecified atom stereocenters. The van der Waals surface area contributed by atoms with Gasteiger partial charge in [0, 0.05) is 21.6 Å². The van der Waals surface area contributed by atoms with Crippen molar-refractivity contribution in [3.63, 3.8) is 0 Å². The van der Waals surface area contributed by atoms with Crippen molar-refractivity contribution in [3.05, 3.63) is 38.4 Å². The van der Waals surface area contributed by atoms with Crippen LogP contribution in [0.15, 0.2) is 27.3 Å². The van der Waals surface area contributed by atoms with E-state index < -0.39 is 0 Å². The van der Waals surface area contributed by atoms with E-state index in [4.69, 9.17) is 4.74 Å². The van der Waals surface area contributed by atoms with E-state index in [-0.39, 0.29) is 12.0 Å². The largest absolute Gasteiger partial charge is 0.483 e. The van der Waals surface area contributed by atoms with Crippen LogP contribution in [0.5, 0.6) is 5.75 Å². The predicted octanol–water partition coefficient (Wildman–Crippen LogP) is 3.68. The lowest BCUT2D eigenvalue weighted by Crippen LogP contribution is -2.43. The number of halogens is 2. The molecule has 1 atom stereocenters. The molecule has 0 N–H and O–H groups in total. The maximum atomic E-state index is 13.0. The second-order valence-electron chi connectivity index (χ2n) is 5.37. The first-order valence-electron chi connectivity index (χ1n) is 6.84. The van der Waals surface area contributed by atoms with E-state index in [0.717, 1.165) is 14.5 Å². The normalized spacial score (nSPS) is 17.1. The summed E-state index contributed by atoms with van der Waals surface area (Å²) in [6.07, 6.45) is 1.57. The Morgan fingerprint density at radius 3 is 2.64 bits per heavy atom. The summed E-state index contributed by atoms with van der Waals surface area (Å²) in [5.74, 6) is 1.26. The Balaban J connectivity index is 2.04. The van der Waals surface area contributed by atoms with Gasteiger partial charge in [-0.2, -0.15) is 5.10 Å². The molecule has 7 heteroatoms. The zero-order valence-electron chi connectivity index (χ0n) is 12.4. The van der Waals surface area contributed by atoms with Crippen molar-refractivity contribution in [3.8, 4) is 5.75 Å². The molecule has 0 bridgehead atoms. The number of carbonyl (C=O) groups is 1. The molecule has 22 heavy (non-hydrogen) atoms. The van der Waals surface area contributed by atoms with Crippen LogP contribution in [-0.2, 0) is 7.05 Å². The molecule has 0 aliphatic carbocycles. The van der Waals surface area contributed by atoms with Crippen LogP contribution in [0.4, 0.5) is 5.82 Å². The molecule has 1 aliphatic heterocycles. The van der Waals surface area contributed by atoms with Crippen LogP contribution in [0.2, 0.25) is 0 Å². The number of anilines is 1. The smallest absolute Gasteiger partial charge is 0.259 e. The van der Waals surface area contributed by atoms with Crippen LogP contribution in [0, 0.1) is 6.92 Å². The number of rotatable bonds is 1. The maximum absolute atomic E-state index is 13.0. The van der Waals surface area contributed by atoms with Gasteiger partial charge < -0.3 is 4.74 Å². The molecule has 2 heterocycles. The number of nitrogens with zero attached hydrogens (tertiary/aromatic N) is 3. The standard InChI is InChI=1S/C15H15Br2N3O2/c1-8-7-20(14-13(22-8)6-18-19(14)3)15(21)10-4-11(16)9(2)12(17)5-10/h4-6,8H,7H2,1-3H3/t8-/m1/s1. The molecular formula is C15H15Br2N3O2. The minimum Gasteiger partial charge on any atom is -0.483 e. The van der Waals surface area contributed by atoms with Gasteiger partial charge in [0.2, 0.25) is 0 Å². The molecule has 0 spiro atoms. The number of benzene rings is 1. The third-order valence-corrected chi connectivity index (χ3v) is 5.32. The second-order valence-corrected chi connectivity index (χ2v) is 7.07. The van der Waals surface area contributed by atoms with Crippen molar-refractivity contribution >= 4 is 43.6 Å². The number of carbonyl (C=O) groups excluding carboxylic acids is 1. The van der Waals surface area contributed by atoms with Crippen LogP contribution in [0.1, 0.15) is 22.8 Å². The second kappa shape index (κ2) is 5.70. The third kappa shape index (κ3) is 2.56. The number of ether oxygens (including phenoxy) is 1. The Morgan fingerprint density at radius 2 is 2.00 bits per heavy atom. The third-order valence-electron chi connectivity index (χ3n) is 3.67. The van der Waals surface area contributed by atoms with Gasteiger partial charge >= 0.3 is 0 Å². The Hall–Kier alpha value is -1.34. The summed E-state index contributed by atoms with van der Waals surface area (Å²) < 4.78 is 9.20. The predicted molar refractivity (Wildman–Crippen MR) is 91.6 cm³/mol. The molecule has 5 nitrogen and oxygen atoms in total. The number of amides is 1. The molecule has 116 valence electrons. The van der Waals surface area contributed by atoms with E-state index in [2.05, 4.69) is 37.0 Å². The van der Waals surface area contributed by atoms with Crippen LogP contribution >= 0.6 is 31.9 Å². The highest BCUT2D eigenvalue weighted by Crippen LogP contribution is 2.34. The van der Waals surface area contributed by atoms with E-state index >= 15 is 0 Å². The lowest BCUT2D eigenvalue weighted by atomic mass is 10.1. The number of hydrogen-bond acceptors (Lipinski definition) is 3. The lowest BCUT2D eigenvalue weighted by molar-refractivity contribution is 0.0958. The van der Waals surface area contributed by atoms with Gasteiger partial charge in [0.05, 0.1) is 12.7 Å². The van der Waals surface area contributed by atoms with Crippen molar-refractivity contribution < 1.29 is 9.53 Å². The van der Waals surface area contributed by atoms with E-state index in [1.54, 1.807) is 22.8 Å². The van der Waals surface area contributed by atoms with Gasteiger partial charge in [0.15, 0.2) is 11.6 Å². The van der Waals surface area contributed by atoms with Gasteiger partial charge in [-0.25, -0.2) is 4.68 Å². The van der Waals surface area contributed by atoms with Crippen LogP contribution in [-0.4, -0.2) is 28.3 Å². The molecule has 1 aliphatic rings. The minimum absolute atomic E-state index is 0.0681. The highest BCUT2D eigenvalue weighted by atomic mass is 79.9. The SMILES string of the molecule is Cc1c(Br)cc(C(=O)N2C[C@@H](C)Oc3cnn(C)c32)cc1Br. The molecule has 1 aromatic heterocycles. The maximum Gasteiger partial charge on any atom is 0.259 e. The Kier molecular flexibility index (Phi) is 4.03. The molecule has 0 saturated heterocycles. The number of aromatic nitrogens is 2.